The maximum Gasteiger partial charge on any atom is 0.318 e. The molecule has 0 spiro atoms. The van der Waals surface area contributed by atoms with Gasteiger partial charge in [0, 0.05) is 13.6 Å². The predicted molar refractivity (Wildman–Crippen MR) is 84.3 cm³/mol. The van der Waals surface area contributed by atoms with E-state index in [2.05, 4.69) is 53.6 Å². The van der Waals surface area contributed by atoms with E-state index in [0.717, 1.165) is 19.5 Å². The smallest absolute Gasteiger partial charge is 0.318 e. The van der Waals surface area contributed by atoms with Gasteiger partial charge in [-0.3, -0.25) is 0 Å². The fraction of sp³-hybridized carbons (Fsp3) is 0.500. The van der Waals surface area contributed by atoms with Crippen LogP contribution in [-0.2, 0) is 6.54 Å². The van der Waals surface area contributed by atoms with E-state index in [1.165, 1.54) is 11.1 Å². The number of anilines is 1. The van der Waals surface area contributed by atoms with E-state index in [4.69, 9.17) is 4.42 Å². The van der Waals surface area contributed by atoms with Crippen molar-refractivity contribution in [2.24, 2.45) is 0 Å². The Labute approximate surface area is 126 Å². The predicted octanol–water partition coefficient (Wildman–Crippen LogP) is 3.08. The fourth-order valence-electron chi connectivity index (χ4n) is 2.04. The standard InChI is InChI=1S/C16H24N4O/c1-5-10-17-13(3)15-18-19-16(21-15)20(4)11-14-8-6-12(2)7-9-14/h6-9,13,17H,5,10-11H2,1-4H3. The summed E-state index contributed by atoms with van der Waals surface area (Å²) in [5.74, 6) is 0.634. The zero-order valence-electron chi connectivity index (χ0n) is 13.3. The molecule has 0 amide bonds. The first-order valence-corrected chi connectivity index (χ1v) is 7.43. The first-order chi connectivity index (χ1) is 10.1. The first-order valence-electron chi connectivity index (χ1n) is 7.43. The van der Waals surface area contributed by atoms with Crippen molar-refractivity contribution in [3.8, 4) is 0 Å². The number of hydrogen-bond donors (Lipinski definition) is 1. The van der Waals surface area contributed by atoms with E-state index in [9.17, 15) is 0 Å². The van der Waals surface area contributed by atoms with Crippen LogP contribution in [0.15, 0.2) is 28.7 Å². The lowest BCUT2D eigenvalue weighted by Crippen LogP contribution is -2.19. The zero-order chi connectivity index (χ0) is 15.2. The molecule has 0 aliphatic carbocycles. The van der Waals surface area contributed by atoms with Crippen LogP contribution in [0.4, 0.5) is 6.01 Å². The summed E-state index contributed by atoms with van der Waals surface area (Å²) in [5.41, 5.74) is 2.48. The van der Waals surface area contributed by atoms with Crippen LogP contribution in [0.5, 0.6) is 0 Å². The van der Waals surface area contributed by atoms with Gasteiger partial charge >= 0.3 is 6.01 Å². The number of hydrogen-bond acceptors (Lipinski definition) is 5. The molecule has 0 aliphatic rings. The van der Waals surface area contributed by atoms with Crippen molar-refractivity contribution in [3.05, 3.63) is 41.3 Å². The molecule has 0 saturated heterocycles. The molecule has 5 nitrogen and oxygen atoms in total. The summed E-state index contributed by atoms with van der Waals surface area (Å²) in [7, 11) is 1.96. The maximum absolute atomic E-state index is 5.74. The quantitative estimate of drug-likeness (QED) is 0.848. The molecule has 0 saturated carbocycles. The van der Waals surface area contributed by atoms with Crippen molar-refractivity contribution in [1.82, 2.24) is 15.5 Å². The number of benzene rings is 1. The average Bonchev–Trinajstić information content (AvgIpc) is 2.97. The van der Waals surface area contributed by atoms with Gasteiger partial charge in [0.1, 0.15) is 0 Å². The van der Waals surface area contributed by atoms with Crippen LogP contribution >= 0.6 is 0 Å². The van der Waals surface area contributed by atoms with Gasteiger partial charge in [0.05, 0.1) is 6.04 Å². The van der Waals surface area contributed by atoms with Crippen LogP contribution in [0.1, 0.15) is 43.3 Å². The SMILES string of the molecule is CCCNC(C)c1nnc(N(C)Cc2ccc(C)cc2)o1. The lowest BCUT2D eigenvalue weighted by molar-refractivity contribution is 0.416. The Morgan fingerprint density at radius 1 is 1.24 bits per heavy atom. The van der Waals surface area contributed by atoms with Crippen LogP contribution in [-0.4, -0.2) is 23.8 Å². The molecule has 0 bridgehead atoms. The third kappa shape index (κ3) is 4.29. The molecule has 1 N–H and O–H groups in total. The van der Waals surface area contributed by atoms with Crippen molar-refractivity contribution in [1.29, 1.82) is 0 Å². The molecular formula is C16H24N4O. The van der Waals surface area contributed by atoms with Gasteiger partial charge in [-0.1, -0.05) is 41.9 Å². The molecule has 0 radical (unpaired) electrons. The highest BCUT2D eigenvalue weighted by molar-refractivity contribution is 5.28. The Morgan fingerprint density at radius 2 is 1.95 bits per heavy atom. The van der Waals surface area contributed by atoms with E-state index < -0.39 is 0 Å². The number of aromatic nitrogens is 2. The second-order valence-electron chi connectivity index (χ2n) is 5.44. The second kappa shape index (κ2) is 7.22. The van der Waals surface area contributed by atoms with Gasteiger partial charge in [0.25, 0.3) is 0 Å². The van der Waals surface area contributed by atoms with Crippen molar-refractivity contribution in [2.75, 3.05) is 18.5 Å². The third-order valence-electron chi connectivity index (χ3n) is 3.37. The lowest BCUT2D eigenvalue weighted by Gasteiger charge is -2.14. The van der Waals surface area contributed by atoms with Crippen molar-refractivity contribution in [2.45, 2.75) is 39.8 Å². The van der Waals surface area contributed by atoms with Gasteiger partial charge < -0.3 is 14.6 Å². The van der Waals surface area contributed by atoms with Gasteiger partial charge in [0.15, 0.2) is 0 Å². The molecule has 1 aromatic heterocycles. The third-order valence-corrected chi connectivity index (χ3v) is 3.37. The molecule has 114 valence electrons. The first kappa shape index (κ1) is 15.5. The highest BCUT2D eigenvalue weighted by atomic mass is 16.4. The molecule has 1 aromatic carbocycles. The molecule has 0 aliphatic heterocycles. The second-order valence-corrected chi connectivity index (χ2v) is 5.44. The molecule has 1 unspecified atom stereocenters. The number of nitrogens with zero attached hydrogens (tertiary/aromatic N) is 3. The minimum atomic E-state index is 0.0824. The summed E-state index contributed by atoms with van der Waals surface area (Å²) in [6, 6.07) is 9.09. The van der Waals surface area contributed by atoms with Crippen LogP contribution in [0.3, 0.4) is 0 Å². The van der Waals surface area contributed by atoms with Crippen LogP contribution < -0.4 is 10.2 Å². The van der Waals surface area contributed by atoms with Gasteiger partial charge in [-0.25, -0.2) is 0 Å². The summed E-state index contributed by atoms with van der Waals surface area (Å²) < 4.78 is 5.74. The monoisotopic (exact) mass is 288 g/mol. The van der Waals surface area contributed by atoms with E-state index in [1.54, 1.807) is 0 Å². The topological polar surface area (TPSA) is 54.2 Å². The van der Waals surface area contributed by atoms with E-state index >= 15 is 0 Å². The molecule has 5 heteroatoms. The molecular weight excluding hydrogens is 264 g/mol. The lowest BCUT2D eigenvalue weighted by atomic mass is 10.1. The van der Waals surface area contributed by atoms with E-state index in [-0.39, 0.29) is 6.04 Å². The molecule has 0 fully saturated rings. The normalized spacial score (nSPS) is 12.4. The zero-order valence-corrected chi connectivity index (χ0v) is 13.3. The number of rotatable bonds is 7. The maximum atomic E-state index is 5.74. The van der Waals surface area contributed by atoms with Crippen molar-refractivity contribution in [3.63, 3.8) is 0 Å². The van der Waals surface area contributed by atoms with Crippen molar-refractivity contribution >= 4 is 6.01 Å². The molecule has 2 rings (SSSR count). The summed E-state index contributed by atoms with van der Waals surface area (Å²) in [5, 5.41) is 11.6. The van der Waals surface area contributed by atoms with Crippen LogP contribution in [0, 0.1) is 6.92 Å². The Hall–Kier alpha value is -1.88. The molecule has 1 atom stereocenters. The van der Waals surface area contributed by atoms with E-state index in [0.29, 0.717) is 11.9 Å². The molecule has 1 heterocycles. The molecule has 21 heavy (non-hydrogen) atoms. The van der Waals surface area contributed by atoms with Crippen molar-refractivity contribution < 1.29 is 4.42 Å². The van der Waals surface area contributed by atoms with E-state index in [1.807, 2.05) is 18.9 Å². The summed E-state index contributed by atoms with van der Waals surface area (Å²) in [6.07, 6.45) is 1.08. The Kier molecular flexibility index (Phi) is 5.33. The number of aryl methyl sites for hydroxylation is 1. The largest absolute Gasteiger partial charge is 0.406 e. The van der Waals surface area contributed by atoms with Gasteiger partial charge in [0.2, 0.25) is 5.89 Å². The minimum absolute atomic E-state index is 0.0824. The van der Waals surface area contributed by atoms with Crippen LogP contribution in [0.25, 0.3) is 0 Å². The Bertz CT molecular complexity index is 550. The summed E-state index contributed by atoms with van der Waals surface area (Å²) in [6.45, 7) is 7.94. The molecule has 2 aromatic rings. The Balaban J connectivity index is 1.98. The highest BCUT2D eigenvalue weighted by Gasteiger charge is 2.15. The Morgan fingerprint density at radius 3 is 2.62 bits per heavy atom. The summed E-state index contributed by atoms with van der Waals surface area (Å²) in [4.78, 5) is 1.97. The highest BCUT2D eigenvalue weighted by Crippen LogP contribution is 2.18. The number of nitrogens with one attached hydrogen (secondary N) is 1. The van der Waals surface area contributed by atoms with Gasteiger partial charge in [-0.15, -0.1) is 5.10 Å². The minimum Gasteiger partial charge on any atom is -0.406 e. The van der Waals surface area contributed by atoms with Gasteiger partial charge in [-0.05, 0) is 32.4 Å². The van der Waals surface area contributed by atoms with Gasteiger partial charge in [-0.2, -0.15) is 0 Å². The average molecular weight is 288 g/mol. The van der Waals surface area contributed by atoms with Crippen LogP contribution in [0.2, 0.25) is 0 Å². The summed E-state index contributed by atoms with van der Waals surface area (Å²) >= 11 is 0. The fourth-order valence-corrected chi connectivity index (χ4v) is 2.04.